The van der Waals surface area contributed by atoms with Crippen molar-refractivity contribution < 1.29 is 28.7 Å². The van der Waals surface area contributed by atoms with Crippen molar-refractivity contribution in [2.24, 2.45) is 0 Å². The first-order chi connectivity index (χ1) is 14.3. The number of piperazine rings is 1. The molecule has 1 atom stereocenters. The zero-order valence-corrected chi connectivity index (χ0v) is 17.6. The Kier molecular flexibility index (Phi) is 6.28. The molecule has 0 N–H and O–H groups in total. The molecule has 162 valence electrons. The summed E-state index contributed by atoms with van der Waals surface area (Å²) in [6.07, 6.45) is -0.618. The quantitative estimate of drug-likeness (QED) is 0.664. The lowest BCUT2D eigenvalue weighted by atomic mass is 9.75. The van der Waals surface area contributed by atoms with Crippen LogP contribution in [0.1, 0.15) is 25.3 Å². The summed E-state index contributed by atoms with van der Waals surface area (Å²) in [7, 11) is 2.93. The van der Waals surface area contributed by atoms with Crippen molar-refractivity contribution in [1.29, 1.82) is 0 Å². The SMILES string of the molecule is CCOC(=O)N1CCN(C(=O)CC2(c3ccccc3OC)CC(=O)N(C)C2=O)CC1. The lowest BCUT2D eigenvalue weighted by molar-refractivity contribution is -0.142. The normalized spacial score (nSPS) is 21.8. The monoisotopic (exact) mass is 417 g/mol. The molecular formula is C21H27N3O6. The van der Waals surface area contributed by atoms with Crippen LogP contribution < -0.4 is 4.74 Å². The second-order valence-corrected chi connectivity index (χ2v) is 7.46. The maximum atomic E-state index is 13.2. The second-order valence-electron chi connectivity index (χ2n) is 7.46. The molecule has 2 heterocycles. The standard InChI is InChI=1S/C21H27N3O6/c1-4-30-20(28)24-11-9-23(10-12-24)18(26)14-21(13-17(25)22(2)19(21)27)15-7-5-6-8-16(15)29-3/h5-8H,4,9-14H2,1-3H3. The van der Waals surface area contributed by atoms with Crippen molar-refractivity contribution in [3.63, 3.8) is 0 Å². The molecule has 0 aliphatic carbocycles. The predicted molar refractivity (Wildman–Crippen MR) is 107 cm³/mol. The third-order valence-electron chi connectivity index (χ3n) is 5.78. The van der Waals surface area contributed by atoms with E-state index in [4.69, 9.17) is 9.47 Å². The Labute approximate surface area is 175 Å². The summed E-state index contributed by atoms with van der Waals surface area (Å²) in [6, 6.07) is 6.99. The number of hydrogen-bond donors (Lipinski definition) is 0. The number of carbonyl (C=O) groups is 4. The van der Waals surface area contributed by atoms with Crippen LogP contribution in [0.5, 0.6) is 5.75 Å². The van der Waals surface area contributed by atoms with Gasteiger partial charge in [-0.05, 0) is 13.0 Å². The number of imide groups is 1. The molecule has 2 aliphatic heterocycles. The van der Waals surface area contributed by atoms with Gasteiger partial charge in [0.25, 0.3) is 0 Å². The van der Waals surface area contributed by atoms with Gasteiger partial charge in [0.1, 0.15) is 5.75 Å². The molecule has 0 radical (unpaired) electrons. The average molecular weight is 417 g/mol. The number of carbonyl (C=O) groups excluding carboxylic acids is 4. The summed E-state index contributed by atoms with van der Waals surface area (Å²) in [4.78, 5) is 54.8. The average Bonchev–Trinajstić information content (AvgIpc) is 2.98. The maximum Gasteiger partial charge on any atom is 0.409 e. The van der Waals surface area contributed by atoms with Gasteiger partial charge in [0.15, 0.2) is 0 Å². The van der Waals surface area contributed by atoms with Gasteiger partial charge in [0.05, 0.1) is 19.1 Å². The largest absolute Gasteiger partial charge is 0.496 e. The summed E-state index contributed by atoms with van der Waals surface area (Å²) in [6.45, 7) is 3.45. The highest BCUT2D eigenvalue weighted by molar-refractivity contribution is 6.10. The van der Waals surface area contributed by atoms with Crippen LogP contribution in [0.15, 0.2) is 24.3 Å². The van der Waals surface area contributed by atoms with Crippen LogP contribution >= 0.6 is 0 Å². The Morgan fingerprint density at radius 3 is 2.27 bits per heavy atom. The number of hydrogen-bond acceptors (Lipinski definition) is 6. The Morgan fingerprint density at radius 2 is 1.70 bits per heavy atom. The number of likely N-dealkylation sites (tertiary alicyclic amines) is 1. The fourth-order valence-corrected chi connectivity index (χ4v) is 4.09. The van der Waals surface area contributed by atoms with Gasteiger partial charge in [0, 0.05) is 51.6 Å². The van der Waals surface area contributed by atoms with Crippen LogP contribution in [0.4, 0.5) is 4.79 Å². The zero-order chi connectivity index (χ0) is 21.9. The first kappa shape index (κ1) is 21.6. The van der Waals surface area contributed by atoms with E-state index in [1.165, 1.54) is 14.2 Å². The van der Waals surface area contributed by atoms with Crippen molar-refractivity contribution in [2.75, 3.05) is 46.9 Å². The Hall–Kier alpha value is -3.10. The molecule has 1 aromatic rings. The number of methoxy groups -OCH3 is 1. The van der Waals surface area contributed by atoms with Crippen LogP contribution in [-0.2, 0) is 24.5 Å². The first-order valence-electron chi connectivity index (χ1n) is 9.98. The molecule has 9 nitrogen and oxygen atoms in total. The number of rotatable bonds is 5. The van der Waals surface area contributed by atoms with Crippen molar-refractivity contribution in [2.45, 2.75) is 25.2 Å². The van der Waals surface area contributed by atoms with Gasteiger partial charge in [-0.2, -0.15) is 0 Å². The molecule has 4 amide bonds. The molecule has 0 spiro atoms. The molecule has 2 fully saturated rings. The maximum absolute atomic E-state index is 13.2. The summed E-state index contributed by atoms with van der Waals surface area (Å²) in [5, 5.41) is 0. The summed E-state index contributed by atoms with van der Waals surface area (Å²) < 4.78 is 10.4. The van der Waals surface area contributed by atoms with Crippen molar-refractivity contribution in [3.05, 3.63) is 29.8 Å². The number of likely N-dealkylation sites (N-methyl/N-ethyl adjacent to an activating group) is 1. The second kappa shape index (κ2) is 8.73. The van der Waals surface area contributed by atoms with Crippen molar-refractivity contribution in [3.8, 4) is 5.75 Å². The molecule has 1 unspecified atom stereocenters. The van der Waals surface area contributed by atoms with Gasteiger partial charge in [-0.15, -0.1) is 0 Å². The predicted octanol–water partition coefficient (Wildman–Crippen LogP) is 1.01. The number of benzene rings is 1. The fraction of sp³-hybridized carbons (Fsp3) is 0.524. The number of ether oxygens (including phenoxy) is 2. The molecule has 0 aromatic heterocycles. The highest BCUT2D eigenvalue weighted by Gasteiger charge is 2.54. The molecule has 0 saturated carbocycles. The summed E-state index contributed by atoms with van der Waals surface area (Å²) in [5.41, 5.74) is -0.762. The molecular weight excluding hydrogens is 390 g/mol. The highest BCUT2D eigenvalue weighted by Crippen LogP contribution is 2.43. The Bertz CT molecular complexity index is 849. The van der Waals surface area contributed by atoms with Gasteiger partial charge in [-0.25, -0.2) is 4.79 Å². The minimum absolute atomic E-state index is 0.0861. The van der Waals surface area contributed by atoms with E-state index in [9.17, 15) is 19.2 Å². The summed E-state index contributed by atoms with van der Waals surface area (Å²) >= 11 is 0. The molecule has 9 heteroatoms. The molecule has 3 rings (SSSR count). The zero-order valence-electron chi connectivity index (χ0n) is 17.6. The van der Waals surface area contributed by atoms with Gasteiger partial charge in [-0.3, -0.25) is 19.3 Å². The molecule has 1 aromatic carbocycles. The van der Waals surface area contributed by atoms with Crippen molar-refractivity contribution >= 4 is 23.8 Å². The van der Waals surface area contributed by atoms with Crippen molar-refractivity contribution in [1.82, 2.24) is 14.7 Å². The molecule has 2 saturated heterocycles. The lowest BCUT2D eigenvalue weighted by Crippen LogP contribution is -2.52. The third kappa shape index (κ3) is 3.83. The van der Waals surface area contributed by atoms with E-state index in [0.29, 0.717) is 44.1 Å². The van der Waals surface area contributed by atoms with E-state index < -0.39 is 17.4 Å². The smallest absolute Gasteiger partial charge is 0.409 e. The molecule has 30 heavy (non-hydrogen) atoms. The topological polar surface area (TPSA) is 96.5 Å². The minimum atomic E-state index is -1.30. The van der Waals surface area contributed by atoms with Crippen LogP contribution in [-0.4, -0.2) is 85.5 Å². The van der Waals surface area contributed by atoms with E-state index in [-0.39, 0.29) is 24.7 Å². The third-order valence-corrected chi connectivity index (χ3v) is 5.78. The Balaban J connectivity index is 1.82. The number of para-hydroxylation sites is 1. The fourth-order valence-electron chi connectivity index (χ4n) is 4.09. The first-order valence-corrected chi connectivity index (χ1v) is 9.98. The van der Waals surface area contributed by atoms with Gasteiger partial charge in [-0.1, -0.05) is 18.2 Å². The van der Waals surface area contributed by atoms with Crippen LogP contribution in [0.25, 0.3) is 0 Å². The van der Waals surface area contributed by atoms with E-state index in [2.05, 4.69) is 0 Å². The van der Waals surface area contributed by atoms with Crippen LogP contribution in [0, 0.1) is 0 Å². The van der Waals surface area contributed by atoms with Crippen LogP contribution in [0.2, 0.25) is 0 Å². The highest BCUT2D eigenvalue weighted by atomic mass is 16.6. The minimum Gasteiger partial charge on any atom is -0.496 e. The van der Waals surface area contributed by atoms with Gasteiger partial charge >= 0.3 is 6.09 Å². The van der Waals surface area contributed by atoms with E-state index in [1.54, 1.807) is 41.0 Å². The number of amides is 4. The lowest BCUT2D eigenvalue weighted by Gasteiger charge is -2.36. The number of nitrogens with zero attached hydrogens (tertiary/aromatic N) is 3. The van der Waals surface area contributed by atoms with E-state index in [1.807, 2.05) is 0 Å². The molecule has 2 aliphatic rings. The Morgan fingerprint density at radius 1 is 1.07 bits per heavy atom. The van der Waals surface area contributed by atoms with Gasteiger partial charge in [0.2, 0.25) is 17.7 Å². The van der Waals surface area contributed by atoms with Crippen LogP contribution in [0.3, 0.4) is 0 Å². The summed E-state index contributed by atoms with van der Waals surface area (Å²) in [5.74, 6) is -0.504. The van der Waals surface area contributed by atoms with Gasteiger partial charge < -0.3 is 19.3 Å². The molecule has 0 bridgehead atoms. The van der Waals surface area contributed by atoms with E-state index >= 15 is 0 Å². The van der Waals surface area contributed by atoms with E-state index in [0.717, 1.165) is 4.90 Å².